The minimum Gasteiger partial charge on any atom is -0.494 e. The number of methoxy groups -OCH3 is 1. The summed E-state index contributed by atoms with van der Waals surface area (Å²) in [6.07, 6.45) is 0.823. The van der Waals surface area contributed by atoms with Crippen molar-refractivity contribution in [3.8, 4) is 5.75 Å². The van der Waals surface area contributed by atoms with Crippen molar-refractivity contribution in [1.29, 1.82) is 0 Å². The van der Waals surface area contributed by atoms with Gasteiger partial charge in [-0.15, -0.1) is 0 Å². The fraction of sp³-hybridized carbons (Fsp3) is 0.357. The topological polar surface area (TPSA) is 22.1 Å². The van der Waals surface area contributed by atoms with Crippen LogP contribution in [0.4, 0.5) is 4.39 Å². The summed E-state index contributed by atoms with van der Waals surface area (Å²) in [6.45, 7) is 4.21. The monoisotopic (exact) mass is 267 g/mol. The number of rotatable bonds is 3. The normalized spacial score (nSPS) is 11.2. The Balaban J connectivity index is 2.59. The Bertz CT molecular complexity index is 584. The van der Waals surface area contributed by atoms with Crippen LogP contribution in [0.2, 0.25) is 5.02 Å². The first-order chi connectivity index (χ1) is 8.51. The molecule has 0 radical (unpaired) electrons. The van der Waals surface area contributed by atoms with E-state index in [-0.39, 0.29) is 5.75 Å². The van der Waals surface area contributed by atoms with Gasteiger partial charge in [0.05, 0.1) is 17.6 Å². The zero-order chi connectivity index (χ0) is 13.3. The van der Waals surface area contributed by atoms with Crippen LogP contribution in [0.3, 0.4) is 0 Å². The Morgan fingerprint density at radius 2 is 2.06 bits per heavy atom. The van der Waals surface area contributed by atoms with Gasteiger partial charge in [0.15, 0.2) is 11.6 Å². The Hall–Kier alpha value is -1.35. The average molecular weight is 268 g/mol. The van der Waals surface area contributed by atoms with Gasteiger partial charge in [0.25, 0.3) is 0 Å². The summed E-state index contributed by atoms with van der Waals surface area (Å²) in [4.78, 5) is 4.43. The molecule has 0 saturated heterocycles. The molecule has 0 atom stereocenters. The molecule has 0 unspecified atom stereocenters. The maximum atomic E-state index is 13.6. The number of hydrogen-bond donors (Lipinski definition) is 0. The molecule has 1 aromatic carbocycles. The van der Waals surface area contributed by atoms with Gasteiger partial charge in [0, 0.05) is 17.1 Å². The number of hydrogen-bond acceptors (Lipinski definition) is 2. The zero-order valence-corrected chi connectivity index (χ0v) is 11.4. The highest BCUT2D eigenvalue weighted by molar-refractivity contribution is 6.35. The molecular formula is C14H15ClFNO. The number of benzene rings is 1. The van der Waals surface area contributed by atoms with Gasteiger partial charge in [-0.1, -0.05) is 25.4 Å². The average Bonchev–Trinajstić information content (AvgIpc) is 2.27. The van der Waals surface area contributed by atoms with Gasteiger partial charge >= 0.3 is 0 Å². The minimum atomic E-state index is -0.421. The van der Waals surface area contributed by atoms with Gasteiger partial charge < -0.3 is 4.74 Å². The van der Waals surface area contributed by atoms with Crippen molar-refractivity contribution in [2.24, 2.45) is 5.92 Å². The van der Waals surface area contributed by atoms with Gasteiger partial charge in [-0.3, -0.25) is 4.98 Å². The molecule has 0 saturated carbocycles. The number of pyridine rings is 1. The Labute approximate surface area is 111 Å². The smallest absolute Gasteiger partial charge is 0.167 e. The molecule has 1 aromatic heterocycles. The molecule has 2 aromatic rings. The van der Waals surface area contributed by atoms with Crippen LogP contribution in [0.1, 0.15) is 19.5 Å². The van der Waals surface area contributed by atoms with Crippen LogP contribution >= 0.6 is 11.6 Å². The second-order valence-electron chi connectivity index (χ2n) is 4.70. The summed E-state index contributed by atoms with van der Waals surface area (Å²) in [5, 5.41) is 1.29. The van der Waals surface area contributed by atoms with Crippen LogP contribution < -0.4 is 4.74 Å². The molecule has 0 aliphatic heterocycles. The molecule has 1 heterocycles. The summed E-state index contributed by atoms with van der Waals surface area (Å²) < 4.78 is 18.6. The maximum Gasteiger partial charge on any atom is 0.167 e. The van der Waals surface area contributed by atoms with Crippen LogP contribution in [0, 0.1) is 11.7 Å². The molecule has 0 N–H and O–H groups in total. The molecule has 0 aliphatic rings. The van der Waals surface area contributed by atoms with Crippen molar-refractivity contribution in [2.75, 3.05) is 7.11 Å². The van der Waals surface area contributed by atoms with Gasteiger partial charge in [-0.25, -0.2) is 4.39 Å². The van der Waals surface area contributed by atoms with E-state index in [9.17, 15) is 4.39 Å². The Morgan fingerprint density at radius 1 is 1.33 bits per heavy atom. The van der Waals surface area contributed by atoms with E-state index < -0.39 is 5.82 Å². The van der Waals surface area contributed by atoms with E-state index in [1.165, 1.54) is 13.2 Å². The number of aromatic nitrogens is 1. The number of ether oxygens (including phenoxy) is 1. The Kier molecular flexibility index (Phi) is 3.71. The fourth-order valence-corrected chi connectivity index (χ4v) is 2.19. The van der Waals surface area contributed by atoms with Gasteiger partial charge in [0.2, 0.25) is 0 Å². The quantitative estimate of drug-likeness (QED) is 0.830. The third-order valence-electron chi connectivity index (χ3n) is 2.70. The van der Waals surface area contributed by atoms with Crippen molar-refractivity contribution in [1.82, 2.24) is 4.98 Å². The van der Waals surface area contributed by atoms with E-state index in [2.05, 4.69) is 18.8 Å². The third kappa shape index (κ3) is 2.56. The predicted molar refractivity (Wildman–Crippen MR) is 71.8 cm³/mol. The van der Waals surface area contributed by atoms with Crippen molar-refractivity contribution in [3.63, 3.8) is 0 Å². The molecule has 96 valence electrons. The lowest BCUT2D eigenvalue weighted by atomic mass is 10.1. The van der Waals surface area contributed by atoms with Gasteiger partial charge in [-0.05, 0) is 24.5 Å². The molecule has 2 rings (SSSR count). The second kappa shape index (κ2) is 5.11. The van der Waals surface area contributed by atoms with E-state index >= 15 is 0 Å². The van der Waals surface area contributed by atoms with Crippen molar-refractivity contribution in [3.05, 3.63) is 34.7 Å². The van der Waals surface area contributed by atoms with Crippen molar-refractivity contribution in [2.45, 2.75) is 20.3 Å². The van der Waals surface area contributed by atoms with Crippen LogP contribution in [0.25, 0.3) is 10.9 Å². The molecule has 18 heavy (non-hydrogen) atoms. The highest BCUT2D eigenvalue weighted by Gasteiger charge is 2.10. The van der Waals surface area contributed by atoms with Crippen LogP contribution in [-0.4, -0.2) is 12.1 Å². The van der Waals surface area contributed by atoms with E-state index in [1.807, 2.05) is 6.07 Å². The van der Waals surface area contributed by atoms with Crippen molar-refractivity contribution >= 4 is 22.5 Å². The third-order valence-corrected chi connectivity index (χ3v) is 3.01. The van der Waals surface area contributed by atoms with E-state index in [0.29, 0.717) is 21.8 Å². The maximum absolute atomic E-state index is 13.6. The number of halogens is 2. The van der Waals surface area contributed by atoms with Gasteiger partial charge in [0.1, 0.15) is 0 Å². The van der Waals surface area contributed by atoms with E-state index in [4.69, 9.17) is 16.3 Å². The summed E-state index contributed by atoms with van der Waals surface area (Å²) in [7, 11) is 1.43. The standard InChI is InChI=1S/C14H15ClFNO/c1-8(2)4-9-5-11(15)10-6-14(18-3)12(16)7-13(10)17-9/h5-8H,4H2,1-3H3. The molecule has 0 fully saturated rings. The first-order valence-corrected chi connectivity index (χ1v) is 6.21. The number of nitrogens with zero attached hydrogens (tertiary/aromatic N) is 1. The first kappa shape index (κ1) is 13.1. The molecule has 0 amide bonds. The highest BCUT2D eigenvalue weighted by Crippen LogP contribution is 2.29. The summed E-state index contributed by atoms with van der Waals surface area (Å²) in [5.41, 5.74) is 1.45. The molecule has 0 bridgehead atoms. The summed E-state index contributed by atoms with van der Waals surface area (Å²) in [5.74, 6) is 0.243. The van der Waals surface area contributed by atoms with Crippen LogP contribution in [0.5, 0.6) is 5.75 Å². The lowest BCUT2D eigenvalue weighted by Crippen LogP contribution is -1.98. The largest absolute Gasteiger partial charge is 0.494 e. The fourth-order valence-electron chi connectivity index (χ4n) is 1.92. The molecule has 0 aliphatic carbocycles. The zero-order valence-electron chi connectivity index (χ0n) is 10.6. The van der Waals surface area contributed by atoms with E-state index in [1.54, 1.807) is 6.07 Å². The SMILES string of the molecule is COc1cc2c(Cl)cc(CC(C)C)nc2cc1F. The molecule has 2 nitrogen and oxygen atoms in total. The highest BCUT2D eigenvalue weighted by atomic mass is 35.5. The van der Waals surface area contributed by atoms with Gasteiger partial charge in [-0.2, -0.15) is 0 Å². The Morgan fingerprint density at radius 3 is 2.67 bits per heavy atom. The van der Waals surface area contributed by atoms with E-state index in [0.717, 1.165) is 12.1 Å². The molecule has 4 heteroatoms. The molecule has 0 spiro atoms. The summed E-state index contributed by atoms with van der Waals surface area (Å²) >= 11 is 6.21. The number of fused-ring (bicyclic) bond motifs is 1. The first-order valence-electron chi connectivity index (χ1n) is 5.84. The predicted octanol–water partition coefficient (Wildman–Crippen LogP) is 4.23. The van der Waals surface area contributed by atoms with Crippen LogP contribution in [-0.2, 0) is 6.42 Å². The summed E-state index contributed by atoms with van der Waals surface area (Å²) in [6, 6.07) is 4.78. The molecular weight excluding hydrogens is 253 g/mol. The lowest BCUT2D eigenvalue weighted by molar-refractivity contribution is 0.387. The van der Waals surface area contributed by atoms with Crippen molar-refractivity contribution < 1.29 is 9.13 Å². The second-order valence-corrected chi connectivity index (χ2v) is 5.10. The minimum absolute atomic E-state index is 0.183. The van der Waals surface area contributed by atoms with Crippen LogP contribution in [0.15, 0.2) is 18.2 Å². The lowest BCUT2D eigenvalue weighted by Gasteiger charge is -2.09.